The molecule has 90 heavy (non-hydrogen) atoms. The lowest BCUT2D eigenvalue weighted by Gasteiger charge is -2.46. The Hall–Kier alpha value is -3.09. The lowest BCUT2D eigenvalue weighted by atomic mass is 9.97. The van der Waals surface area contributed by atoms with Crippen LogP contribution in [0.3, 0.4) is 0 Å². The Morgan fingerprint density at radius 3 is 1.22 bits per heavy atom. The largest absolute Gasteiger partial charge is 0.394 e. The molecule has 0 aromatic carbocycles. The van der Waals surface area contributed by atoms with Crippen molar-refractivity contribution in [1.82, 2.24) is 5.32 Å². The van der Waals surface area contributed by atoms with Gasteiger partial charge in [-0.15, -0.1) is 0 Å². The fourth-order valence-corrected chi connectivity index (χ4v) is 11.5. The zero-order chi connectivity index (χ0) is 65.2. The molecule has 14 heteroatoms. The van der Waals surface area contributed by atoms with Crippen molar-refractivity contribution in [3.8, 4) is 0 Å². The van der Waals surface area contributed by atoms with Gasteiger partial charge in [-0.1, -0.05) is 284 Å². The molecule has 2 saturated heterocycles. The molecule has 0 radical (unpaired) electrons. The number of amides is 1. The molecule has 1 amide bonds. The number of carbonyl (C=O) groups excluding carboxylic acids is 1. The topological polar surface area (TPSA) is 228 Å². The predicted octanol–water partition coefficient (Wildman–Crippen LogP) is 15.3. The van der Waals surface area contributed by atoms with E-state index in [0.29, 0.717) is 12.8 Å². The monoisotopic (exact) mass is 1270 g/mol. The van der Waals surface area contributed by atoms with Gasteiger partial charge in [0.1, 0.15) is 48.8 Å². The van der Waals surface area contributed by atoms with Gasteiger partial charge in [0.05, 0.1) is 32.0 Å². The first-order valence-corrected chi connectivity index (χ1v) is 36.5. The average Bonchev–Trinajstić information content (AvgIpc) is 1.58. The van der Waals surface area contributed by atoms with E-state index in [-0.39, 0.29) is 18.9 Å². The van der Waals surface area contributed by atoms with E-state index in [9.17, 15) is 45.6 Å². The summed E-state index contributed by atoms with van der Waals surface area (Å²) in [6.45, 7) is 2.68. The SMILES string of the molecule is CC/C=C\C/C=C\C/C=C\C/C=C\C/C=C\CCCCCCCCCCCCCCCCCCCCCCCC(=O)NC(COC1OC(CO)C(OC2OC(CO)C(O)C(O)C2O)C(O)C1O)C(O)/C=C/CC/C=C/CC/C=C/CCCCCCCCCCC. The molecule has 520 valence electrons. The quantitative estimate of drug-likeness (QED) is 0.0204. The number of hydrogen-bond donors (Lipinski definition) is 9. The minimum Gasteiger partial charge on any atom is -0.394 e. The number of aliphatic hydroxyl groups excluding tert-OH is 8. The molecule has 2 fully saturated rings. The van der Waals surface area contributed by atoms with Crippen molar-refractivity contribution in [2.24, 2.45) is 0 Å². The summed E-state index contributed by atoms with van der Waals surface area (Å²) in [5.74, 6) is -0.252. The first kappa shape index (κ1) is 83.0. The highest BCUT2D eigenvalue weighted by Crippen LogP contribution is 2.30. The van der Waals surface area contributed by atoms with Crippen LogP contribution in [0.2, 0.25) is 0 Å². The summed E-state index contributed by atoms with van der Waals surface area (Å²) < 4.78 is 22.8. The normalized spacial score (nSPS) is 23.5. The van der Waals surface area contributed by atoms with E-state index < -0.39 is 86.8 Å². The summed E-state index contributed by atoms with van der Waals surface area (Å²) in [6, 6.07) is -0.942. The van der Waals surface area contributed by atoms with E-state index in [1.807, 2.05) is 6.08 Å². The van der Waals surface area contributed by atoms with Crippen LogP contribution in [0.1, 0.15) is 284 Å². The van der Waals surface area contributed by atoms with Gasteiger partial charge in [-0.25, -0.2) is 0 Å². The van der Waals surface area contributed by atoms with Crippen LogP contribution in [0.4, 0.5) is 0 Å². The third-order valence-corrected chi connectivity index (χ3v) is 17.2. The zero-order valence-corrected chi connectivity index (χ0v) is 56.6. The Balaban J connectivity index is 1.62. The Morgan fingerprint density at radius 2 is 0.778 bits per heavy atom. The summed E-state index contributed by atoms with van der Waals surface area (Å²) in [6.07, 6.45) is 67.6. The van der Waals surface area contributed by atoms with Crippen molar-refractivity contribution in [2.45, 2.75) is 357 Å². The molecule has 9 N–H and O–H groups in total. The maximum atomic E-state index is 13.3. The number of allylic oxidation sites excluding steroid dienone is 15. The lowest BCUT2D eigenvalue weighted by molar-refractivity contribution is -0.359. The molecule has 12 atom stereocenters. The lowest BCUT2D eigenvalue weighted by Crippen LogP contribution is -2.65. The summed E-state index contributed by atoms with van der Waals surface area (Å²) in [5.41, 5.74) is 0. The molecule has 0 spiro atoms. The van der Waals surface area contributed by atoms with Crippen molar-refractivity contribution in [3.05, 3.63) is 97.2 Å². The van der Waals surface area contributed by atoms with Crippen LogP contribution >= 0.6 is 0 Å². The van der Waals surface area contributed by atoms with Crippen molar-refractivity contribution in [3.63, 3.8) is 0 Å². The highest BCUT2D eigenvalue weighted by molar-refractivity contribution is 5.76. The fourth-order valence-electron chi connectivity index (χ4n) is 11.5. The molecule has 0 saturated carbocycles. The molecule has 2 aliphatic heterocycles. The molecule has 0 aromatic rings. The maximum absolute atomic E-state index is 13.3. The average molecular weight is 1270 g/mol. The third-order valence-electron chi connectivity index (χ3n) is 17.2. The maximum Gasteiger partial charge on any atom is 0.220 e. The summed E-state index contributed by atoms with van der Waals surface area (Å²) in [4.78, 5) is 13.3. The van der Waals surface area contributed by atoms with Gasteiger partial charge in [0.2, 0.25) is 5.91 Å². The van der Waals surface area contributed by atoms with Gasteiger partial charge in [0.25, 0.3) is 0 Å². The fraction of sp³-hybridized carbons (Fsp3) is 0.776. The Kier molecular flexibility index (Phi) is 55.0. The third kappa shape index (κ3) is 43.0. The van der Waals surface area contributed by atoms with Crippen molar-refractivity contribution in [1.29, 1.82) is 0 Å². The molecular weight excluding hydrogens is 1130 g/mol. The molecule has 2 rings (SSSR count). The van der Waals surface area contributed by atoms with Gasteiger partial charge in [0, 0.05) is 6.42 Å². The zero-order valence-electron chi connectivity index (χ0n) is 56.6. The van der Waals surface area contributed by atoms with Crippen LogP contribution in [-0.4, -0.2) is 140 Å². The van der Waals surface area contributed by atoms with Crippen LogP contribution in [-0.2, 0) is 23.7 Å². The van der Waals surface area contributed by atoms with Crippen molar-refractivity contribution >= 4 is 5.91 Å². The molecule has 12 unspecified atom stereocenters. The molecule has 0 bridgehead atoms. The van der Waals surface area contributed by atoms with Crippen LogP contribution in [0, 0.1) is 0 Å². The number of unbranched alkanes of at least 4 members (excludes halogenated alkanes) is 32. The second-order valence-electron chi connectivity index (χ2n) is 25.3. The van der Waals surface area contributed by atoms with Gasteiger partial charge in [-0.05, 0) is 89.9 Å². The first-order chi connectivity index (χ1) is 44.1. The summed E-state index contributed by atoms with van der Waals surface area (Å²) in [7, 11) is 0. The highest BCUT2D eigenvalue weighted by atomic mass is 16.7. The van der Waals surface area contributed by atoms with E-state index in [1.165, 1.54) is 173 Å². The number of rotatable bonds is 59. The Bertz CT molecular complexity index is 1880. The number of ether oxygens (including phenoxy) is 4. The van der Waals surface area contributed by atoms with Crippen LogP contribution in [0.5, 0.6) is 0 Å². The van der Waals surface area contributed by atoms with Crippen molar-refractivity contribution in [2.75, 3.05) is 19.8 Å². The van der Waals surface area contributed by atoms with Gasteiger partial charge in [0.15, 0.2) is 12.6 Å². The van der Waals surface area contributed by atoms with Gasteiger partial charge < -0.3 is 65.1 Å². The molecule has 14 nitrogen and oxygen atoms in total. The highest BCUT2D eigenvalue weighted by Gasteiger charge is 2.51. The van der Waals surface area contributed by atoms with Crippen LogP contribution < -0.4 is 5.32 Å². The molecule has 2 aliphatic rings. The Morgan fingerprint density at radius 1 is 0.411 bits per heavy atom. The van der Waals surface area contributed by atoms with E-state index >= 15 is 0 Å². The second-order valence-corrected chi connectivity index (χ2v) is 25.3. The number of aliphatic hydroxyl groups is 8. The first-order valence-electron chi connectivity index (χ1n) is 36.5. The van der Waals surface area contributed by atoms with E-state index in [2.05, 4.69) is 104 Å². The standard InChI is InChI=1S/C76H133NO13/c1-3-5-7-9-11-13-15-17-19-21-23-24-25-26-27-28-29-30-31-32-33-34-35-36-37-38-39-40-42-44-46-48-50-52-54-56-58-60-68(81)77-64(65(80)59-57-55-53-51-49-47-45-43-41-22-20-18-16-14-12-10-8-6-4-2)63-87-75-73(86)71(84)74(67(62-79)89-75)90-76-72(85)70(83)69(82)66(61-78)88-76/h5,7,11,13,17,19,23-24,26-27,41,43,49,51,57,59,64-67,69-76,78-80,82-86H,3-4,6,8-10,12,14-16,18,20-22,25,28-40,42,44-48,50,52-56,58,60-63H2,1-2H3,(H,77,81)/b7-5-,13-11-,19-17-,24-23-,27-26-,43-41+,51-49+,59-57+. The smallest absolute Gasteiger partial charge is 0.220 e. The number of hydrogen-bond acceptors (Lipinski definition) is 13. The Labute approximate surface area is 547 Å². The predicted molar refractivity (Wildman–Crippen MR) is 369 cm³/mol. The molecular formula is C76H133NO13. The van der Waals surface area contributed by atoms with E-state index in [4.69, 9.17) is 18.9 Å². The second kappa shape index (κ2) is 59.6. The van der Waals surface area contributed by atoms with Gasteiger partial charge in [-0.2, -0.15) is 0 Å². The van der Waals surface area contributed by atoms with Crippen molar-refractivity contribution < 1.29 is 64.6 Å². The van der Waals surface area contributed by atoms with Crippen LogP contribution in [0.25, 0.3) is 0 Å². The minimum atomic E-state index is -1.80. The van der Waals surface area contributed by atoms with Gasteiger partial charge in [-0.3, -0.25) is 4.79 Å². The molecule has 0 aromatic heterocycles. The van der Waals surface area contributed by atoms with E-state index in [0.717, 1.165) is 77.0 Å². The number of carbonyl (C=O) groups is 1. The minimum absolute atomic E-state index is 0.252. The molecule has 2 heterocycles. The molecule has 0 aliphatic carbocycles. The number of nitrogens with one attached hydrogen (secondary N) is 1. The summed E-state index contributed by atoms with van der Waals surface area (Å²) in [5, 5.41) is 87.4. The van der Waals surface area contributed by atoms with E-state index in [1.54, 1.807) is 6.08 Å². The van der Waals surface area contributed by atoms with Gasteiger partial charge >= 0.3 is 0 Å². The van der Waals surface area contributed by atoms with Crippen LogP contribution in [0.15, 0.2) is 97.2 Å². The summed E-state index contributed by atoms with van der Waals surface area (Å²) >= 11 is 0.